The van der Waals surface area contributed by atoms with Gasteiger partial charge in [-0.3, -0.25) is 0 Å². The number of aryl methyl sites for hydroxylation is 3. The van der Waals surface area contributed by atoms with Crippen LogP contribution in [-0.4, -0.2) is 24.3 Å². The first-order valence-corrected chi connectivity index (χ1v) is 6.03. The van der Waals surface area contributed by atoms with Gasteiger partial charge in [-0.05, 0) is 43.9 Å². The van der Waals surface area contributed by atoms with Crippen molar-refractivity contribution >= 4 is 0 Å². The number of benzene rings is 1. The molecule has 2 heteroatoms. The summed E-state index contributed by atoms with van der Waals surface area (Å²) < 4.78 is 0. The Labute approximate surface area is 97.7 Å². The van der Waals surface area contributed by atoms with Crippen LogP contribution in [0, 0.1) is 26.7 Å². The second kappa shape index (κ2) is 4.56. The minimum absolute atomic E-state index is 0.180. The topological polar surface area (TPSA) is 32.3 Å². The summed E-state index contributed by atoms with van der Waals surface area (Å²) >= 11 is 0. The molecule has 88 valence electrons. The van der Waals surface area contributed by atoms with Crippen LogP contribution >= 0.6 is 0 Å². The van der Waals surface area contributed by atoms with Crippen molar-refractivity contribution < 1.29 is 5.11 Å². The van der Waals surface area contributed by atoms with E-state index in [1.54, 1.807) is 0 Å². The van der Waals surface area contributed by atoms with E-state index in [-0.39, 0.29) is 6.10 Å². The van der Waals surface area contributed by atoms with E-state index in [2.05, 4.69) is 38.2 Å². The predicted octanol–water partition coefficient (Wildman–Crippen LogP) is 1.73. The molecule has 16 heavy (non-hydrogen) atoms. The van der Waals surface area contributed by atoms with Crippen LogP contribution in [0.25, 0.3) is 0 Å². The van der Waals surface area contributed by atoms with Crippen LogP contribution in [0.5, 0.6) is 0 Å². The SMILES string of the molecule is Cc1cc(C)c(C[C@H]2CNC[C@@H]2O)c(C)c1. The fourth-order valence-corrected chi connectivity index (χ4v) is 2.72. The molecule has 0 aromatic heterocycles. The summed E-state index contributed by atoms with van der Waals surface area (Å²) in [7, 11) is 0. The van der Waals surface area contributed by atoms with Crippen molar-refractivity contribution in [3.8, 4) is 0 Å². The van der Waals surface area contributed by atoms with Gasteiger partial charge in [0, 0.05) is 19.0 Å². The summed E-state index contributed by atoms with van der Waals surface area (Å²) in [6.45, 7) is 8.16. The molecule has 2 rings (SSSR count). The Morgan fingerprint density at radius 1 is 1.19 bits per heavy atom. The highest BCUT2D eigenvalue weighted by Crippen LogP contribution is 2.22. The van der Waals surface area contributed by atoms with E-state index in [9.17, 15) is 5.11 Å². The molecule has 0 radical (unpaired) electrons. The largest absolute Gasteiger partial charge is 0.391 e. The first-order valence-electron chi connectivity index (χ1n) is 6.03. The normalized spacial score (nSPS) is 25.0. The van der Waals surface area contributed by atoms with Gasteiger partial charge < -0.3 is 10.4 Å². The molecule has 1 aromatic carbocycles. The number of rotatable bonds is 2. The highest BCUT2D eigenvalue weighted by molar-refractivity contribution is 5.37. The van der Waals surface area contributed by atoms with Crippen LogP contribution in [-0.2, 0) is 6.42 Å². The molecule has 1 saturated heterocycles. The van der Waals surface area contributed by atoms with Crippen molar-refractivity contribution in [2.75, 3.05) is 13.1 Å². The maximum atomic E-state index is 9.82. The number of β-amino-alcohol motifs (C(OH)–C–C–N with tert-alkyl or cyclic N) is 1. The first-order chi connectivity index (χ1) is 7.58. The van der Waals surface area contributed by atoms with Crippen molar-refractivity contribution in [1.29, 1.82) is 0 Å². The van der Waals surface area contributed by atoms with Gasteiger partial charge in [0.15, 0.2) is 0 Å². The summed E-state index contributed by atoms with van der Waals surface area (Å²) in [5.41, 5.74) is 5.45. The zero-order valence-corrected chi connectivity index (χ0v) is 10.4. The van der Waals surface area contributed by atoms with Crippen molar-refractivity contribution in [3.05, 3.63) is 34.4 Å². The molecule has 1 aromatic rings. The molecule has 0 amide bonds. The average molecular weight is 219 g/mol. The summed E-state index contributed by atoms with van der Waals surface area (Å²) in [5.74, 6) is 0.375. The van der Waals surface area contributed by atoms with Gasteiger partial charge in [0.2, 0.25) is 0 Å². The van der Waals surface area contributed by atoms with Crippen molar-refractivity contribution in [2.24, 2.45) is 5.92 Å². The van der Waals surface area contributed by atoms with Crippen molar-refractivity contribution in [3.63, 3.8) is 0 Å². The van der Waals surface area contributed by atoms with Gasteiger partial charge in [-0.2, -0.15) is 0 Å². The summed E-state index contributed by atoms with van der Waals surface area (Å²) in [4.78, 5) is 0. The quantitative estimate of drug-likeness (QED) is 0.794. The lowest BCUT2D eigenvalue weighted by Gasteiger charge is -2.17. The number of hydrogen-bond donors (Lipinski definition) is 2. The van der Waals surface area contributed by atoms with Gasteiger partial charge in [0.1, 0.15) is 0 Å². The van der Waals surface area contributed by atoms with Crippen LogP contribution in [0.1, 0.15) is 22.3 Å². The Morgan fingerprint density at radius 3 is 2.31 bits per heavy atom. The molecule has 2 N–H and O–H groups in total. The zero-order valence-electron chi connectivity index (χ0n) is 10.4. The minimum Gasteiger partial charge on any atom is -0.391 e. The van der Waals surface area contributed by atoms with E-state index in [1.165, 1.54) is 22.3 Å². The maximum absolute atomic E-state index is 9.82. The van der Waals surface area contributed by atoms with Crippen LogP contribution < -0.4 is 5.32 Å². The smallest absolute Gasteiger partial charge is 0.0708 e. The molecule has 0 spiro atoms. The third-order valence-corrected chi connectivity index (χ3v) is 3.61. The molecule has 0 unspecified atom stereocenters. The molecule has 0 saturated carbocycles. The van der Waals surface area contributed by atoms with Gasteiger partial charge in [-0.1, -0.05) is 17.7 Å². The zero-order chi connectivity index (χ0) is 11.7. The number of aliphatic hydroxyl groups is 1. The third kappa shape index (κ3) is 2.28. The Bertz CT molecular complexity index is 363. The molecule has 1 heterocycles. The second-order valence-electron chi connectivity index (χ2n) is 5.07. The Morgan fingerprint density at radius 2 is 1.81 bits per heavy atom. The third-order valence-electron chi connectivity index (χ3n) is 3.61. The van der Waals surface area contributed by atoms with Crippen LogP contribution in [0.2, 0.25) is 0 Å². The summed E-state index contributed by atoms with van der Waals surface area (Å²) in [6.07, 6.45) is 0.812. The fraction of sp³-hybridized carbons (Fsp3) is 0.571. The molecule has 1 aliphatic heterocycles. The van der Waals surface area contributed by atoms with Crippen molar-refractivity contribution in [1.82, 2.24) is 5.32 Å². The molecule has 1 fully saturated rings. The number of nitrogens with one attached hydrogen (secondary N) is 1. The Hall–Kier alpha value is -0.860. The molecular weight excluding hydrogens is 198 g/mol. The van der Waals surface area contributed by atoms with E-state index >= 15 is 0 Å². The number of aliphatic hydroxyl groups excluding tert-OH is 1. The van der Waals surface area contributed by atoms with Gasteiger partial charge in [-0.25, -0.2) is 0 Å². The first kappa shape index (κ1) is 11.6. The van der Waals surface area contributed by atoms with E-state index in [0.717, 1.165) is 19.5 Å². The standard InChI is InChI=1S/C14H21NO/c1-9-4-10(2)13(11(3)5-9)6-12-7-15-8-14(12)16/h4-5,12,14-16H,6-8H2,1-3H3/t12-,14-/m0/s1. The predicted molar refractivity (Wildman–Crippen MR) is 66.7 cm³/mol. The van der Waals surface area contributed by atoms with Crippen LogP contribution in [0.3, 0.4) is 0 Å². The lowest BCUT2D eigenvalue weighted by atomic mass is 9.90. The van der Waals surface area contributed by atoms with Gasteiger partial charge in [0.25, 0.3) is 0 Å². The fourth-order valence-electron chi connectivity index (χ4n) is 2.72. The van der Waals surface area contributed by atoms with Crippen molar-refractivity contribution in [2.45, 2.75) is 33.3 Å². The summed E-state index contributed by atoms with van der Waals surface area (Å²) in [6, 6.07) is 4.47. The van der Waals surface area contributed by atoms with E-state index in [1.807, 2.05) is 0 Å². The monoisotopic (exact) mass is 219 g/mol. The van der Waals surface area contributed by atoms with Crippen LogP contribution in [0.4, 0.5) is 0 Å². The molecular formula is C14H21NO. The molecule has 2 atom stereocenters. The summed E-state index contributed by atoms with van der Waals surface area (Å²) in [5, 5.41) is 13.1. The lowest BCUT2D eigenvalue weighted by molar-refractivity contribution is 0.147. The molecule has 0 bridgehead atoms. The average Bonchev–Trinajstić information content (AvgIpc) is 2.57. The highest BCUT2D eigenvalue weighted by Gasteiger charge is 2.25. The number of hydrogen-bond acceptors (Lipinski definition) is 2. The highest BCUT2D eigenvalue weighted by atomic mass is 16.3. The minimum atomic E-state index is -0.180. The Balaban J connectivity index is 2.21. The Kier molecular flexibility index (Phi) is 3.31. The van der Waals surface area contributed by atoms with Gasteiger partial charge >= 0.3 is 0 Å². The van der Waals surface area contributed by atoms with E-state index in [4.69, 9.17) is 0 Å². The van der Waals surface area contributed by atoms with Gasteiger partial charge in [-0.15, -0.1) is 0 Å². The lowest BCUT2D eigenvalue weighted by Crippen LogP contribution is -2.20. The maximum Gasteiger partial charge on any atom is 0.0708 e. The van der Waals surface area contributed by atoms with E-state index in [0.29, 0.717) is 5.92 Å². The molecule has 0 aliphatic carbocycles. The van der Waals surface area contributed by atoms with Gasteiger partial charge in [0.05, 0.1) is 6.10 Å². The molecule has 1 aliphatic rings. The second-order valence-corrected chi connectivity index (χ2v) is 5.07. The van der Waals surface area contributed by atoms with Crippen LogP contribution in [0.15, 0.2) is 12.1 Å². The van der Waals surface area contributed by atoms with E-state index < -0.39 is 0 Å². The molecule has 2 nitrogen and oxygen atoms in total.